The summed E-state index contributed by atoms with van der Waals surface area (Å²) >= 11 is 0. The molecule has 1 N–H and O–H groups in total. The summed E-state index contributed by atoms with van der Waals surface area (Å²) in [7, 11) is 0.548. The first-order valence-corrected chi connectivity index (χ1v) is 11.4. The maximum Gasteiger partial charge on any atom is 0.235 e. The maximum atomic E-state index is 13.4. The lowest BCUT2D eigenvalue weighted by Gasteiger charge is -2.40. The number of anilines is 2. The van der Waals surface area contributed by atoms with Gasteiger partial charge >= 0.3 is 0 Å². The van der Waals surface area contributed by atoms with Crippen molar-refractivity contribution in [1.29, 1.82) is 0 Å². The normalized spacial score (nSPS) is 16.9. The van der Waals surface area contributed by atoms with E-state index in [-0.39, 0.29) is 11.7 Å². The minimum Gasteiger partial charge on any atom is -0.363 e. The van der Waals surface area contributed by atoms with Crippen molar-refractivity contribution >= 4 is 27.4 Å². The molecule has 1 aliphatic heterocycles. The van der Waals surface area contributed by atoms with Crippen LogP contribution in [0.2, 0.25) is 0 Å². The molecule has 1 fully saturated rings. The molecule has 1 aliphatic rings. The van der Waals surface area contributed by atoms with Gasteiger partial charge in [-0.25, -0.2) is 17.7 Å². The lowest BCUT2D eigenvalue weighted by Crippen LogP contribution is -2.51. The van der Waals surface area contributed by atoms with Crippen LogP contribution in [0.25, 0.3) is 0 Å². The fraction of sp³-hybridized carbons (Fsp3) is 0.429. The molecule has 0 bridgehead atoms. The zero-order chi connectivity index (χ0) is 21.1. The molecule has 0 unspecified atom stereocenters. The van der Waals surface area contributed by atoms with Crippen LogP contribution in [0, 0.1) is 0 Å². The van der Waals surface area contributed by atoms with Crippen LogP contribution in [0.3, 0.4) is 0 Å². The van der Waals surface area contributed by atoms with E-state index in [0.29, 0.717) is 31.6 Å². The Bertz CT molecular complexity index is 936. The number of aromatic nitrogens is 1. The summed E-state index contributed by atoms with van der Waals surface area (Å²) in [5.41, 5.74) is 0.754. The summed E-state index contributed by atoms with van der Waals surface area (Å²) in [5, 5.41) is 3.00. The van der Waals surface area contributed by atoms with Crippen LogP contribution >= 0.6 is 0 Å². The average molecular weight is 417 g/mol. The van der Waals surface area contributed by atoms with Gasteiger partial charge in [-0.15, -0.1) is 0 Å². The van der Waals surface area contributed by atoms with Crippen molar-refractivity contribution in [1.82, 2.24) is 9.29 Å². The molecule has 156 valence electrons. The number of nitrogens with one attached hydrogen (secondary N) is 1. The molecule has 1 amide bonds. The highest BCUT2D eigenvalue weighted by Crippen LogP contribution is 2.37. The van der Waals surface area contributed by atoms with E-state index in [0.717, 1.165) is 11.4 Å². The molecule has 2 heterocycles. The van der Waals surface area contributed by atoms with E-state index in [1.54, 1.807) is 13.1 Å². The van der Waals surface area contributed by atoms with Gasteiger partial charge in [0.05, 0.1) is 23.1 Å². The Morgan fingerprint density at radius 2 is 1.79 bits per heavy atom. The molecule has 0 saturated carbocycles. The largest absolute Gasteiger partial charge is 0.363 e. The van der Waals surface area contributed by atoms with Crippen LogP contribution in [0.5, 0.6) is 0 Å². The number of hydrogen-bond donors (Lipinski definition) is 1. The molecule has 1 aromatic heterocycles. The number of rotatable bonds is 6. The zero-order valence-corrected chi connectivity index (χ0v) is 17.9. The van der Waals surface area contributed by atoms with Gasteiger partial charge in [-0.1, -0.05) is 30.3 Å². The second kappa shape index (κ2) is 8.51. The molecule has 0 aliphatic carbocycles. The number of carbonyl (C=O) groups is 1. The van der Waals surface area contributed by atoms with Crippen molar-refractivity contribution in [3.8, 4) is 0 Å². The van der Waals surface area contributed by atoms with Gasteiger partial charge in [0.15, 0.2) is 0 Å². The van der Waals surface area contributed by atoms with Gasteiger partial charge in [0.1, 0.15) is 5.82 Å². The number of amides is 1. The number of nitrogens with zero attached hydrogens (tertiary/aromatic N) is 3. The van der Waals surface area contributed by atoms with E-state index in [4.69, 9.17) is 0 Å². The molecule has 2 aromatic rings. The number of sulfonamides is 1. The number of hydrogen-bond acceptors (Lipinski definition) is 5. The lowest BCUT2D eigenvalue weighted by atomic mass is 9.72. The van der Waals surface area contributed by atoms with Gasteiger partial charge in [0.25, 0.3) is 0 Å². The minimum absolute atomic E-state index is 0.0709. The Balaban J connectivity index is 1.86. The second-order valence-corrected chi connectivity index (χ2v) is 9.76. The van der Waals surface area contributed by atoms with Crippen molar-refractivity contribution in [2.45, 2.75) is 25.2 Å². The van der Waals surface area contributed by atoms with E-state index < -0.39 is 15.4 Å². The highest BCUT2D eigenvalue weighted by Gasteiger charge is 2.44. The van der Waals surface area contributed by atoms with Gasteiger partial charge in [0.2, 0.25) is 15.9 Å². The van der Waals surface area contributed by atoms with Crippen LogP contribution < -0.4 is 10.2 Å². The first-order chi connectivity index (χ1) is 13.8. The van der Waals surface area contributed by atoms with Gasteiger partial charge < -0.3 is 10.2 Å². The molecule has 3 rings (SSSR count). The molecule has 7 nitrogen and oxygen atoms in total. The maximum absolute atomic E-state index is 13.4. The standard InChI is InChI=1S/C21H28N4O3S/c1-4-29(27,28)25-14-12-21(13-15-25,17-8-6-5-7-9-17)20(26)23-18-10-11-19(22-16-18)24(2)3/h5-11,16H,4,12-15H2,1-3H3,(H,23,26). The molecule has 0 radical (unpaired) electrons. The second-order valence-electron chi connectivity index (χ2n) is 7.50. The Morgan fingerprint density at radius 3 is 2.31 bits per heavy atom. The Kier molecular flexibility index (Phi) is 6.24. The summed E-state index contributed by atoms with van der Waals surface area (Å²) < 4.78 is 26.0. The average Bonchev–Trinajstić information content (AvgIpc) is 2.74. The molecule has 8 heteroatoms. The molecular weight excluding hydrogens is 388 g/mol. The van der Waals surface area contributed by atoms with Crippen molar-refractivity contribution in [3.63, 3.8) is 0 Å². The topological polar surface area (TPSA) is 82.6 Å². The third-order valence-electron chi connectivity index (χ3n) is 5.56. The van der Waals surface area contributed by atoms with Crippen LogP contribution in [0.15, 0.2) is 48.7 Å². The van der Waals surface area contributed by atoms with E-state index in [1.165, 1.54) is 4.31 Å². The summed E-state index contributed by atoms with van der Waals surface area (Å²) in [6.45, 7) is 2.30. The predicted octanol–water partition coefficient (Wildman–Crippen LogP) is 2.47. The first-order valence-electron chi connectivity index (χ1n) is 9.77. The van der Waals surface area contributed by atoms with Crippen molar-refractivity contribution in [2.75, 3.05) is 43.2 Å². The van der Waals surface area contributed by atoms with E-state index in [2.05, 4.69) is 10.3 Å². The van der Waals surface area contributed by atoms with Crippen LogP contribution in [0.4, 0.5) is 11.5 Å². The van der Waals surface area contributed by atoms with Gasteiger partial charge in [-0.05, 0) is 37.5 Å². The minimum atomic E-state index is -3.26. The smallest absolute Gasteiger partial charge is 0.235 e. The third-order valence-corrected chi connectivity index (χ3v) is 7.44. The van der Waals surface area contributed by atoms with Crippen LogP contribution in [-0.2, 0) is 20.2 Å². The van der Waals surface area contributed by atoms with E-state index >= 15 is 0 Å². The molecule has 0 atom stereocenters. The number of carbonyl (C=O) groups excluding carboxylic acids is 1. The van der Waals surface area contributed by atoms with E-state index in [1.807, 2.05) is 61.5 Å². The molecule has 29 heavy (non-hydrogen) atoms. The number of benzene rings is 1. The summed E-state index contributed by atoms with van der Waals surface area (Å²) in [4.78, 5) is 19.7. The van der Waals surface area contributed by atoms with Crippen molar-refractivity contribution in [3.05, 3.63) is 54.2 Å². The Labute approximate surface area is 172 Å². The Morgan fingerprint density at radius 1 is 1.14 bits per heavy atom. The first kappa shape index (κ1) is 21.3. The lowest BCUT2D eigenvalue weighted by molar-refractivity contribution is -0.123. The highest BCUT2D eigenvalue weighted by molar-refractivity contribution is 7.89. The molecule has 1 aromatic carbocycles. The summed E-state index contributed by atoms with van der Waals surface area (Å²) in [6.07, 6.45) is 2.51. The zero-order valence-electron chi connectivity index (χ0n) is 17.1. The highest BCUT2D eigenvalue weighted by atomic mass is 32.2. The SMILES string of the molecule is CCS(=O)(=O)N1CCC(C(=O)Nc2ccc(N(C)C)nc2)(c2ccccc2)CC1. The fourth-order valence-corrected chi connectivity index (χ4v) is 4.81. The van der Waals surface area contributed by atoms with Gasteiger partial charge in [-0.2, -0.15) is 0 Å². The quantitative estimate of drug-likeness (QED) is 0.782. The number of piperidine rings is 1. The monoisotopic (exact) mass is 416 g/mol. The number of pyridine rings is 1. The molecular formula is C21H28N4O3S. The molecule has 1 saturated heterocycles. The van der Waals surface area contributed by atoms with Crippen LogP contribution in [0.1, 0.15) is 25.3 Å². The third kappa shape index (κ3) is 4.43. The molecule has 0 spiro atoms. The van der Waals surface area contributed by atoms with Crippen molar-refractivity contribution < 1.29 is 13.2 Å². The summed E-state index contributed by atoms with van der Waals surface area (Å²) in [5.74, 6) is 0.747. The fourth-order valence-electron chi connectivity index (χ4n) is 3.71. The van der Waals surface area contributed by atoms with Crippen molar-refractivity contribution in [2.24, 2.45) is 0 Å². The predicted molar refractivity (Wildman–Crippen MR) is 116 cm³/mol. The Hall–Kier alpha value is -2.45. The van der Waals surface area contributed by atoms with Gasteiger partial charge in [-0.3, -0.25) is 4.79 Å². The summed E-state index contributed by atoms with van der Waals surface area (Å²) in [6, 6.07) is 13.3. The van der Waals surface area contributed by atoms with E-state index in [9.17, 15) is 13.2 Å². The van der Waals surface area contributed by atoms with Crippen LogP contribution in [-0.4, -0.2) is 56.6 Å². The van der Waals surface area contributed by atoms with Gasteiger partial charge in [0, 0.05) is 27.2 Å².